The highest BCUT2D eigenvalue weighted by Gasteiger charge is 2.26. The van der Waals surface area contributed by atoms with Crippen molar-refractivity contribution < 1.29 is 19.1 Å². The average Bonchev–Trinajstić information content (AvgIpc) is 2.44. The van der Waals surface area contributed by atoms with E-state index in [0.29, 0.717) is 24.4 Å². The number of hydrogen-bond acceptors (Lipinski definition) is 4. The molecule has 0 radical (unpaired) electrons. The summed E-state index contributed by atoms with van der Waals surface area (Å²) in [4.78, 5) is 24.7. The van der Waals surface area contributed by atoms with E-state index < -0.39 is 0 Å². The maximum atomic E-state index is 12.1. The van der Waals surface area contributed by atoms with Gasteiger partial charge in [0.2, 0.25) is 0 Å². The lowest BCUT2D eigenvalue weighted by Crippen LogP contribution is -2.49. The van der Waals surface area contributed by atoms with Gasteiger partial charge >= 0.3 is 0 Å². The topological polar surface area (TPSA) is 55.8 Å². The summed E-state index contributed by atoms with van der Waals surface area (Å²) in [5, 5.41) is 0. The number of aldehydes is 1. The summed E-state index contributed by atoms with van der Waals surface area (Å²) in [5.74, 6) is 0.345. The molecule has 2 rings (SSSR count). The minimum Gasteiger partial charge on any atom is -0.483 e. The van der Waals surface area contributed by atoms with Crippen molar-refractivity contribution in [1.82, 2.24) is 4.90 Å². The Morgan fingerprint density at radius 3 is 2.65 bits per heavy atom. The van der Waals surface area contributed by atoms with Gasteiger partial charge in [0.05, 0.1) is 17.8 Å². The van der Waals surface area contributed by atoms with Gasteiger partial charge in [-0.05, 0) is 26.0 Å². The van der Waals surface area contributed by atoms with Crippen LogP contribution in [0.2, 0.25) is 0 Å². The highest BCUT2D eigenvalue weighted by molar-refractivity contribution is 5.81. The van der Waals surface area contributed by atoms with E-state index in [0.717, 1.165) is 6.29 Å². The molecular weight excluding hydrogens is 258 g/mol. The predicted molar refractivity (Wildman–Crippen MR) is 73.9 cm³/mol. The zero-order valence-corrected chi connectivity index (χ0v) is 11.7. The normalized spacial score (nSPS) is 22.4. The minimum atomic E-state index is -0.0901. The molecular formula is C15H19NO4. The Labute approximate surface area is 118 Å². The van der Waals surface area contributed by atoms with Gasteiger partial charge in [-0.2, -0.15) is 0 Å². The van der Waals surface area contributed by atoms with E-state index in [1.165, 1.54) is 0 Å². The van der Waals surface area contributed by atoms with Gasteiger partial charge in [-0.15, -0.1) is 0 Å². The molecule has 20 heavy (non-hydrogen) atoms. The summed E-state index contributed by atoms with van der Waals surface area (Å²) in [6.45, 7) is 4.96. The van der Waals surface area contributed by atoms with E-state index in [1.807, 2.05) is 13.8 Å². The van der Waals surface area contributed by atoms with Crippen LogP contribution in [0.4, 0.5) is 0 Å². The van der Waals surface area contributed by atoms with Crippen LogP contribution >= 0.6 is 0 Å². The molecule has 108 valence electrons. The number of nitrogens with zero attached hydrogens (tertiary/aromatic N) is 1. The maximum Gasteiger partial charge on any atom is 0.260 e. The number of carbonyl (C=O) groups is 2. The number of amides is 1. The van der Waals surface area contributed by atoms with Crippen molar-refractivity contribution >= 4 is 12.2 Å². The lowest BCUT2D eigenvalue weighted by molar-refractivity contribution is -0.145. The summed E-state index contributed by atoms with van der Waals surface area (Å²) in [7, 11) is 0. The number of rotatable bonds is 4. The van der Waals surface area contributed by atoms with Crippen molar-refractivity contribution in [3.8, 4) is 5.75 Å². The van der Waals surface area contributed by atoms with Crippen molar-refractivity contribution in [2.45, 2.75) is 26.1 Å². The quantitative estimate of drug-likeness (QED) is 0.783. The van der Waals surface area contributed by atoms with E-state index in [-0.39, 0.29) is 24.7 Å². The maximum absolute atomic E-state index is 12.1. The fourth-order valence-corrected chi connectivity index (χ4v) is 2.32. The smallest absolute Gasteiger partial charge is 0.260 e. The van der Waals surface area contributed by atoms with E-state index in [2.05, 4.69) is 0 Å². The molecule has 0 spiro atoms. The molecule has 1 aromatic carbocycles. The fraction of sp³-hybridized carbons (Fsp3) is 0.467. The van der Waals surface area contributed by atoms with Crippen LogP contribution in [0.1, 0.15) is 24.2 Å². The van der Waals surface area contributed by atoms with Gasteiger partial charge in [-0.25, -0.2) is 0 Å². The Morgan fingerprint density at radius 1 is 1.35 bits per heavy atom. The monoisotopic (exact) mass is 277 g/mol. The second-order valence-electron chi connectivity index (χ2n) is 5.00. The zero-order valence-electron chi connectivity index (χ0n) is 11.7. The van der Waals surface area contributed by atoms with Gasteiger partial charge in [0, 0.05) is 13.1 Å². The molecule has 0 N–H and O–H groups in total. The molecule has 0 saturated carbocycles. The fourth-order valence-electron chi connectivity index (χ4n) is 2.32. The summed E-state index contributed by atoms with van der Waals surface area (Å²) in [5.41, 5.74) is 0.448. The first kappa shape index (κ1) is 14.5. The van der Waals surface area contributed by atoms with Crippen LogP contribution in [0.15, 0.2) is 24.3 Å². The third-order valence-electron chi connectivity index (χ3n) is 3.17. The molecule has 0 aromatic heterocycles. The Hall–Kier alpha value is -1.88. The zero-order chi connectivity index (χ0) is 14.5. The van der Waals surface area contributed by atoms with Crippen LogP contribution in [0.3, 0.4) is 0 Å². The molecule has 5 heteroatoms. The number of para-hydroxylation sites is 1. The largest absolute Gasteiger partial charge is 0.483 e. The lowest BCUT2D eigenvalue weighted by atomic mass is 10.2. The van der Waals surface area contributed by atoms with Crippen LogP contribution in [0.5, 0.6) is 5.75 Å². The van der Waals surface area contributed by atoms with Gasteiger partial charge in [-0.1, -0.05) is 12.1 Å². The number of benzene rings is 1. The first-order valence-electron chi connectivity index (χ1n) is 6.70. The van der Waals surface area contributed by atoms with E-state index in [1.54, 1.807) is 29.2 Å². The number of hydrogen-bond donors (Lipinski definition) is 0. The Morgan fingerprint density at radius 2 is 2.00 bits per heavy atom. The molecule has 1 aliphatic heterocycles. The Kier molecular flexibility index (Phi) is 4.74. The van der Waals surface area contributed by atoms with Gasteiger partial charge in [0.25, 0.3) is 5.91 Å². The standard InChI is InChI=1S/C15H19NO4/c1-11-7-16(8-12(2)20-11)15(18)10-19-14-6-4-3-5-13(14)9-17/h3-6,9,11-12H,7-8,10H2,1-2H3. The van der Waals surface area contributed by atoms with Gasteiger partial charge in [0.1, 0.15) is 5.75 Å². The second-order valence-corrected chi connectivity index (χ2v) is 5.00. The predicted octanol–water partition coefficient (Wildman–Crippen LogP) is 1.51. The SMILES string of the molecule is CC1CN(C(=O)COc2ccccc2C=O)CC(C)O1. The summed E-state index contributed by atoms with van der Waals surface area (Å²) in [6, 6.07) is 6.86. The molecule has 1 aliphatic rings. The summed E-state index contributed by atoms with van der Waals surface area (Å²) in [6.07, 6.45) is 0.786. The van der Waals surface area contributed by atoms with Crippen molar-refractivity contribution in [1.29, 1.82) is 0 Å². The highest BCUT2D eigenvalue weighted by Crippen LogP contribution is 2.16. The van der Waals surface area contributed by atoms with E-state index >= 15 is 0 Å². The van der Waals surface area contributed by atoms with Gasteiger partial charge in [-0.3, -0.25) is 9.59 Å². The third-order valence-corrected chi connectivity index (χ3v) is 3.17. The average molecular weight is 277 g/mol. The molecule has 1 aromatic rings. The van der Waals surface area contributed by atoms with Crippen molar-refractivity contribution in [3.05, 3.63) is 29.8 Å². The number of carbonyl (C=O) groups excluding carboxylic acids is 2. The molecule has 2 atom stereocenters. The molecule has 1 fully saturated rings. The molecule has 0 aliphatic carbocycles. The molecule has 1 heterocycles. The van der Waals surface area contributed by atoms with Crippen LogP contribution in [0, 0.1) is 0 Å². The van der Waals surface area contributed by atoms with E-state index in [4.69, 9.17) is 9.47 Å². The Bertz CT molecular complexity index is 479. The van der Waals surface area contributed by atoms with Crippen molar-refractivity contribution in [3.63, 3.8) is 0 Å². The molecule has 0 bridgehead atoms. The lowest BCUT2D eigenvalue weighted by Gasteiger charge is -2.35. The first-order valence-corrected chi connectivity index (χ1v) is 6.70. The third kappa shape index (κ3) is 3.57. The van der Waals surface area contributed by atoms with Crippen LogP contribution in [0.25, 0.3) is 0 Å². The summed E-state index contributed by atoms with van der Waals surface area (Å²) >= 11 is 0. The first-order chi connectivity index (χ1) is 9.60. The highest BCUT2D eigenvalue weighted by atomic mass is 16.5. The number of ether oxygens (including phenoxy) is 2. The molecule has 5 nitrogen and oxygen atoms in total. The number of morpholine rings is 1. The minimum absolute atomic E-state index is 0.0324. The van der Waals surface area contributed by atoms with Gasteiger partial charge < -0.3 is 14.4 Å². The van der Waals surface area contributed by atoms with Crippen molar-refractivity contribution in [2.75, 3.05) is 19.7 Å². The van der Waals surface area contributed by atoms with Crippen LogP contribution < -0.4 is 4.74 Å². The second kappa shape index (κ2) is 6.52. The van der Waals surface area contributed by atoms with Crippen LogP contribution in [-0.4, -0.2) is 49.0 Å². The van der Waals surface area contributed by atoms with Gasteiger partial charge in [0.15, 0.2) is 12.9 Å². The molecule has 1 amide bonds. The summed E-state index contributed by atoms with van der Waals surface area (Å²) < 4.78 is 11.0. The van der Waals surface area contributed by atoms with Crippen LogP contribution in [-0.2, 0) is 9.53 Å². The molecule has 1 saturated heterocycles. The van der Waals surface area contributed by atoms with Crippen molar-refractivity contribution in [2.24, 2.45) is 0 Å². The molecule has 2 unspecified atom stereocenters. The van der Waals surface area contributed by atoms with E-state index in [9.17, 15) is 9.59 Å². The Balaban J connectivity index is 1.93.